The summed E-state index contributed by atoms with van der Waals surface area (Å²) in [7, 11) is 0. The summed E-state index contributed by atoms with van der Waals surface area (Å²) in [6.07, 6.45) is 3.85. The van der Waals surface area contributed by atoms with Crippen molar-refractivity contribution in [3.63, 3.8) is 0 Å². The highest BCUT2D eigenvalue weighted by Gasteiger charge is 2.29. The Bertz CT molecular complexity index is 1330. The summed E-state index contributed by atoms with van der Waals surface area (Å²) < 4.78 is 0. The van der Waals surface area contributed by atoms with E-state index in [0.29, 0.717) is 22.8 Å². The van der Waals surface area contributed by atoms with Crippen LogP contribution in [0.25, 0.3) is 10.9 Å². The van der Waals surface area contributed by atoms with Gasteiger partial charge in [0.15, 0.2) is 0 Å². The van der Waals surface area contributed by atoms with E-state index in [1.807, 2.05) is 48.7 Å². The number of para-hydroxylation sites is 1. The summed E-state index contributed by atoms with van der Waals surface area (Å²) in [5.41, 5.74) is 4.20. The molecule has 2 amide bonds. The SMILES string of the molecule is O=C(NCC(c1ccccc1Cl)c1c[nH]c2ccccc12)c1cccc(NC(=O)C2CC2)c1. The number of rotatable bonds is 7. The predicted molar refractivity (Wildman–Crippen MR) is 132 cm³/mol. The first-order valence-corrected chi connectivity index (χ1v) is 11.5. The van der Waals surface area contributed by atoms with E-state index in [0.717, 1.165) is 34.9 Å². The number of aromatic amines is 1. The Morgan fingerprint density at radius 1 is 0.970 bits per heavy atom. The van der Waals surface area contributed by atoms with E-state index >= 15 is 0 Å². The first kappa shape index (κ1) is 21.3. The molecule has 5 rings (SSSR count). The molecule has 1 aliphatic rings. The molecule has 4 aromatic rings. The van der Waals surface area contributed by atoms with E-state index in [-0.39, 0.29) is 23.7 Å². The van der Waals surface area contributed by atoms with Gasteiger partial charge < -0.3 is 15.6 Å². The molecule has 0 saturated heterocycles. The zero-order chi connectivity index (χ0) is 22.8. The van der Waals surface area contributed by atoms with Crippen molar-refractivity contribution < 1.29 is 9.59 Å². The Kier molecular flexibility index (Phi) is 5.88. The van der Waals surface area contributed by atoms with Crippen LogP contribution in [0.2, 0.25) is 5.02 Å². The number of aromatic nitrogens is 1. The second-order valence-corrected chi connectivity index (χ2v) is 8.83. The second-order valence-electron chi connectivity index (χ2n) is 8.42. The van der Waals surface area contributed by atoms with Crippen molar-refractivity contribution in [2.45, 2.75) is 18.8 Å². The lowest BCUT2D eigenvalue weighted by molar-refractivity contribution is -0.117. The van der Waals surface area contributed by atoms with Crippen LogP contribution in [0.5, 0.6) is 0 Å². The van der Waals surface area contributed by atoms with Crippen LogP contribution in [0.3, 0.4) is 0 Å². The molecule has 33 heavy (non-hydrogen) atoms. The standard InChI is InChI=1S/C27H24ClN3O2/c28-24-10-3-1-8-20(24)22(23-15-29-25-11-4-2-9-21(23)25)16-30-26(32)18-6-5-7-19(14-18)31-27(33)17-12-13-17/h1-11,14-15,17,22,29H,12-13,16H2,(H,30,32)(H,31,33). The zero-order valence-corrected chi connectivity index (χ0v) is 18.7. The molecule has 3 aromatic carbocycles. The number of nitrogens with one attached hydrogen (secondary N) is 3. The number of hydrogen-bond acceptors (Lipinski definition) is 2. The third-order valence-electron chi connectivity index (χ3n) is 6.08. The molecular weight excluding hydrogens is 434 g/mol. The van der Waals surface area contributed by atoms with E-state index in [2.05, 4.69) is 21.7 Å². The molecule has 166 valence electrons. The summed E-state index contributed by atoms with van der Waals surface area (Å²) in [5.74, 6) is -0.202. The van der Waals surface area contributed by atoms with Gasteiger partial charge in [0, 0.05) is 51.8 Å². The predicted octanol–water partition coefficient (Wildman–Crippen LogP) is 5.73. The van der Waals surface area contributed by atoms with Crippen molar-refractivity contribution in [1.82, 2.24) is 10.3 Å². The number of H-pyrrole nitrogens is 1. The minimum atomic E-state index is -0.200. The van der Waals surface area contributed by atoms with E-state index < -0.39 is 0 Å². The third kappa shape index (κ3) is 4.64. The highest BCUT2D eigenvalue weighted by Crippen LogP contribution is 2.34. The van der Waals surface area contributed by atoms with Gasteiger partial charge in [-0.15, -0.1) is 0 Å². The van der Waals surface area contributed by atoms with Gasteiger partial charge in [-0.05, 0) is 54.3 Å². The number of benzene rings is 3. The number of amides is 2. The van der Waals surface area contributed by atoms with Crippen molar-refractivity contribution in [2.75, 3.05) is 11.9 Å². The summed E-state index contributed by atoms with van der Waals surface area (Å²) >= 11 is 6.56. The number of carbonyl (C=O) groups excluding carboxylic acids is 2. The van der Waals surface area contributed by atoms with Gasteiger partial charge in [-0.3, -0.25) is 9.59 Å². The van der Waals surface area contributed by atoms with Gasteiger partial charge in [-0.1, -0.05) is 54.1 Å². The number of anilines is 1. The Balaban J connectivity index is 1.38. The van der Waals surface area contributed by atoms with E-state index in [4.69, 9.17) is 11.6 Å². The van der Waals surface area contributed by atoms with Crippen molar-refractivity contribution in [3.05, 3.63) is 101 Å². The highest BCUT2D eigenvalue weighted by atomic mass is 35.5. The first-order chi connectivity index (χ1) is 16.1. The van der Waals surface area contributed by atoms with Crippen LogP contribution in [0, 0.1) is 5.92 Å². The largest absolute Gasteiger partial charge is 0.361 e. The monoisotopic (exact) mass is 457 g/mol. The summed E-state index contributed by atoms with van der Waals surface area (Å²) in [6.45, 7) is 0.378. The van der Waals surface area contributed by atoms with Gasteiger partial charge in [0.1, 0.15) is 0 Å². The molecule has 1 saturated carbocycles. The molecule has 0 aliphatic heterocycles. The molecule has 3 N–H and O–H groups in total. The van der Waals surface area contributed by atoms with Gasteiger partial charge in [0.2, 0.25) is 5.91 Å². The number of fused-ring (bicyclic) bond motifs is 1. The molecule has 0 radical (unpaired) electrons. The maximum Gasteiger partial charge on any atom is 0.251 e. The quantitative estimate of drug-likeness (QED) is 0.331. The van der Waals surface area contributed by atoms with E-state index in [9.17, 15) is 9.59 Å². The molecular formula is C27H24ClN3O2. The minimum absolute atomic E-state index is 0.0191. The van der Waals surface area contributed by atoms with Crippen LogP contribution < -0.4 is 10.6 Å². The maximum absolute atomic E-state index is 13.0. The minimum Gasteiger partial charge on any atom is -0.361 e. The average molecular weight is 458 g/mol. The lowest BCUT2D eigenvalue weighted by Gasteiger charge is -2.19. The average Bonchev–Trinajstić information content (AvgIpc) is 3.61. The zero-order valence-electron chi connectivity index (χ0n) is 18.0. The Morgan fingerprint density at radius 2 is 1.76 bits per heavy atom. The third-order valence-corrected chi connectivity index (χ3v) is 6.43. The van der Waals surface area contributed by atoms with Crippen LogP contribution >= 0.6 is 11.6 Å². The molecule has 6 heteroatoms. The van der Waals surface area contributed by atoms with Gasteiger partial charge >= 0.3 is 0 Å². The lowest BCUT2D eigenvalue weighted by atomic mass is 9.90. The number of halogens is 1. The fraction of sp³-hybridized carbons (Fsp3) is 0.185. The van der Waals surface area contributed by atoms with Gasteiger partial charge in [-0.25, -0.2) is 0 Å². The Morgan fingerprint density at radius 3 is 2.58 bits per heavy atom. The molecule has 1 atom stereocenters. The molecule has 0 spiro atoms. The van der Waals surface area contributed by atoms with Crippen LogP contribution in [0.15, 0.2) is 79.0 Å². The van der Waals surface area contributed by atoms with Crippen molar-refractivity contribution in [3.8, 4) is 0 Å². The van der Waals surface area contributed by atoms with E-state index in [1.165, 1.54) is 0 Å². The second kappa shape index (κ2) is 9.12. The van der Waals surface area contributed by atoms with Crippen molar-refractivity contribution in [1.29, 1.82) is 0 Å². The van der Waals surface area contributed by atoms with Crippen LogP contribution in [0.4, 0.5) is 5.69 Å². The van der Waals surface area contributed by atoms with E-state index in [1.54, 1.807) is 24.3 Å². The fourth-order valence-electron chi connectivity index (χ4n) is 4.15. The normalized spacial score (nSPS) is 14.1. The Labute approximate surface area is 197 Å². The summed E-state index contributed by atoms with van der Waals surface area (Å²) in [5, 5.41) is 7.73. The van der Waals surface area contributed by atoms with Crippen LogP contribution in [0.1, 0.15) is 40.2 Å². The molecule has 1 aromatic heterocycles. The van der Waals surface area contributed by atoms with Crippen molar-refractivity contribution >= 4 is 40.0 Å². The molecule has 1 heterocycles. The van der Waals surface area contributed by atoms with Crippen LogP contribution in [-0.2, 0) is 4.79 Å². The summed E-state index contributed by atoms with van der Waals surface area (Å²) in [4.78, 5) is 28.4. The van der Waals surface area contributed by atoms with Gasteiger partial charge in [0.25, 0.3) is 5.91 Å². The Hall–Kier alpha value is -3.57. The van der Waals surface area contributed by atoms with Gasteiger partial charge in [0.05, 0.1) is 0 Å². The molecule has 1 aliphatic carbocycles. The lowest BCUT2D eigenvalue weighted by Crippen LogP contribution is -2.29. The van der Waals surface area contributed by atoms with Crippen LogP contribution in [-0.4, -0.2) is 23.3 Å². The van der Waals surface area contributed by atoms with Gasteiger partial charge in [-0.2, -0.15) is 0 Å². The summed E-state index contributed by atoms with van der Waals surface area (Å²) in [6, 6.07) is 22.9. The number of carbonyl (C=O) groups is 2. The maximum atomic E-state index is 13.0. The smallest absolute Gasteiger partial charge is 0.251 e. The fourth-order valence-corrected chi connectivity index (χ4v) is 4.42. The van der Waals surface area contributed by atoms with Crippen molar-refractivity contribution in [2.24, 2.45) is 5.92 Å². The topological polar surface area (TPSA) is 74.0 Å². The first-order valence-electron chi connectivity index (χ1n) is 11.1. The number of hydrogen-bond donors (Lipinski definition) is 3. The molecule has 0 bridgehead atoms. The molecule has 1 unspecified atom stereocenters. The molecule has 1 fully saturated rings. The highest BCUT2D eigenvalue weighted by molar-refractivity contribution is 6.31. The molecule has 5 nitrogen and oxygen atoms in total.